The van der Waals surface area contributed by atoms with Gasteiger partial charge in [0.1, 0.15) is 0 Å². The Bertz CT molecular complexity index is 223. The van der Waals surface area contributed by atoms with Gasteiger partial charge in [0, 0.05) is 19.0 Å². The van der Waals surface area contributed by atoms with Crippen molar-refractivity contribution in [3.05, 3.63) is 0 Å². The largest absolute Gasteiger partial charge is 0.371 e. The minimum absolute atomic E-state index is 0.714. The molecule has 1 aliphatic heterocycles. The molecule has 0 aromatic rings. The van der Waals surface area contributed by atoms with Crippen molar-refractivity contribution in [3.8, 4) is 0 Å². The maximum Gasteiger partial charge on any atom is 0.0965 e. The highest BCUT2D eigenvalue weighted by Crippen LogP contribution is 2.23. The minimum atomic E-state index is 0.714. The van der Waals surface area contributed by atoms with E-state index in [2.05, 4.69) is 17.2 Å². The third-order valence-electron chi connectivity index (χ3n) is 3.68. The van der Waals surface area contributed by atoms with Crippen molar-refractivity contribution in [2.75, 3.05) is 6.54 Å². The summed E-state index contributed by atoms with van der Waals surface area (Å²) in [6, 6.07) is 0.714. The summed E-state index contributed by atoms with van der Waals surface area (Å²) in [6.45, 7) is 3.42. The summed E-state index contributed by atoms with van der Waals surface area (Å²) in [7, 11) is 0. The van der Waals surface area contributed by atoms with Crippen LogP contribution >= 0.6 is 0 Å². The van der Waals surface area contributed by atoms with E-state index in [1.807, 2.05) is 0 Å². The Morgan fingerprint density at radius 1 is 1.13 bits per heavy atom. The third-order valence-corrected chi connectivity index (χ3v) is 3.68. The van der Waals surface area contributed by atoms with Crippen LogP contribution < -0.4 is 5.32 Å². The first-order chi connectivity index (χ1) is 7.34. The van der Waals surface area contributed by atoms with Gasteiger partial charge < -0.3 is 5.32 Å². The average molecular weight is 208 g/mol. The Hall–Kier alpha value is -0.530. The molecular formula is C13H24N2. The van der Waals surface area contributed by atoms with Crippen LogP contribution in [0.5, 0.6) is 0 Å². The molecule has 2 aliphatic rings. The zero-order valence-electron chi connectivity index (χ0n) is 9.97. The van der Waals surface area contributed by atoms with Crippen LogP contribution in [0.3, 0.4) is 0 Å². The van der Waals surface area contributed by atoms with E-state index < -0.39 is 0 Å². The lowest BCUT2D eigenvalue weighted by Gasteiger charge is -2.28. The van der Waals surface area contributed by atoms with Gasteiger partial charge in [-0.15, -0.1) is 0 Å². The summed E-state index contributed by atoms with van der Waals surface area (Å²) in [5, 5.41) is 3.68. The number of hydrogen-bond acceptors (Lipinski definition) is 2. The Balaban J connectivity index is 1.81. The normalized spacial score (nSPS) is 33.0. The molecule has 1 fully saturated rings. The van der Waals surface area contributed by atoms with Crippen LogP contribution in [0.2, 0.25) is 0 Å². The maximum absolute atomic E-state index is 4.65. The zero-order valence-corrected chi connectivity index (χ0v) is 9.97. The predicted octanol–water partition coefficient (Wildman–Crippen LogP) is 3.13. The van der Waals surface area contributed by atoms with Gasteiger partial charge in [-0.25, -0.2) is 0 Å². The van der Waals surface area contributed by atoms with Crippen LogP contribution in [0.1, 0.15) is 58.3 Å². The highest BCUT2D eigenvalue weighted by molar-refractivity contribution is 5.82. The first-order valence-electron chi connectivity index (χ1n) is 6.64. The molecule has 1 N–H and O–H groups in total. The van der Waals surface area contributed by atoms with E-state index in [0.29, 0.717) is 6.04 Å². The van der Waals surface area contributed by atoms with E-state index in [-0.39, 0.29) is 0 Å². The lowest BCUT2D eigenvalue weighted by Crippen LogP contribution is -2.37. The van der Waals surface area contributed by atoms with Gasteiger partial charge in [-0.1, -0.05) is 26.2 Å². The first kappa shape index (κ1) is 11.0. The molecule has 0 radical (unpaired) electrons. The Kier molecular flexibility index (Phi) is 4.04. The molecule has 0 aromatic carbocycles. The van der Waals surface area contributed by atoms with Crippen molar-refractivity contribution in [2.45, 2.75) is 64.3 Å². The molecule has 1 saturated carbocycles. The third kappa shape index (κ3) is 3.51. The van der Waals surface area contributed by atoms with E-state index in [9.17, 15) is 0 Å². The van der Waals surface area contributed by atoms with Crippen LogP contribution in [0.25, 0.3) is 0 Å². The van der Waals surface area contributed by atoms with Crippen LogP contribution in [0.4, 0.5) is 0 Å². The van der Waals surface area contributed by atoms with Crippen LogP contribution in [-0.4, -0.2) is 18.4 Å². The number of amidine groups is 1. The summed E-state index contributed by atoms with van der Waals surface area (Å²) >= 11 is 0. The van der Waals surface area contributed by atoms with E-state index in [4.69, 9.17) is 0 Å². The van der Waals surface area contributed by atoms with Gasteiger partial charge in [-0.2, -0.15) is 0 Å². The molecule has 2 unspecified atom stereocenters. The highest BCUT2D eigenvalue weighted by atomic mass is 15.0. The number of rotatable bonds is 1. The zero-order chi connectivity index (χ0) is 10.5. The molecule has 2 nitrogen and oxygen atoms in total. The topological polar surface area (TPSA) is 24.4 Å². The quantitative estimate of drug-likeness (QED) is 0.703. The van der Waals surface area contributed by atoms with Gasteiger partial charge in [0.25, 0.3) is 0 Å². The lowest BCUT2D eigenvalue weighted by atomic mass is 9.87. The monoisotopic (exact) mass is 208 g/mol. The molecule has 1 aliphatic carbocycles. The second kappa shape index (κ2) is 5.53. The van der Waals surface area contributed by atoms with E-state index >= 15 is 0 Å². The molecule has 0 spiro atoms. The maximum atomic E-state index is 4.65. The Labute approximate surface area is 93.6 Å². The lowest BCUT2D eigenvalue weighted by molar-refractivity contribution is 0.325. The summed E-state index contributed by atoms with van der Waals surface area (Å²) in [5.74, 6) is 2.20. The summed E-state index contributed by atoms with van der Waals surface area (Å²) in [6.07, 6.45) is 10.7. The predicted molar refractivity (Wildman–Crippen MR) is 65.3 cm³/mol. The molecule has 2 rings (SSSR count). The van der Waals surface area contributed by atoms with Gasteiger partial charge in [0.2, 0.25) is 0 Å². The fourth-order valence-electron chi connectivity index (χ4n) is 2.79. The van der Waals surface area contributed by atoms with Crippen LogP contribution in [0.15, 0.2) is 4.99 Å². The van der Waals surface area contributed by atoms with Crippen LogP contribution in [0, 0.1) is 5.92 Å². The molecule has 0 amide bonds. The van der Waals surface area contributed by atoms with E-state index in [1.165, 1.54) is 57.2 Å². The van der Waals surface area contributed by atoms with Crippen molar-refractivity contribution in [1.82, 2.24) is 5.32 Å². The van der Waals surface area contributed by atoms with E-state index in [1.54, 1.807) is 0 Å². The summed E-state index contributed by atoms with van der Waals surface area (Å²) in [5.41, 5.74) is 0. The molecular weight excluding hydrogens is 184 g/mol. The van der Waals surface area contributed by atoms with Gasteiger partial charge >= 0.3 is 0 Å². The molecule has 2 heteroatoms. The van der Waals surface area contributed by atoms with Crippen molar-refractivity contribution in [3.63, 3.8) is 0 Å². The number of nitrogens with zero attached hydrogens (tertiary/aromatic N) is 1. The average Bonchev–Trinajstić information content (AvgIpc) is 2.46. The van der Waals surface area contributed by atoms with Crippen molar-refractivity contribution in [2.24, 2.45) is 10.9 Å². The summed E-state index contributed by atoms with van der Waals surface area (Å²) in [4.78, 5) is 4.65. The van der Waals surface area contributed by atoms with Gasteiger partial charge in [0.15, 0.2) is 0 Å². The number of aliphatic imine (C=N–C) groups is 1. The van der Waals surface area contributed by atoms with Crippen molar-refractivity contribution >= 4 is 5.84 Å². The molecule has 2 atom stereocenters. The Morgan fingerprint density at radius 2 is 2.07 bits per heavy atom. The van der Waals surface area contributed by atoms with Crippen LogP contribution in [-0.2, 0) is 0 Å². The minimum Gasteiger partial charge on any atom is -0.371 e. The Morgan fingerprint density at radius 3 is 2.93 bits per heavy atom. The molecule has 0 aromatic heterocycles. The molecule has 86 valence electrons. The number of hydrogen-bond donors (Lipinski definition) is 1. The standard InChI is InChI=1S/C13H24N2/c1-11-6-5-7-12(10-11)15-13-8-3-2-4-9-14-13/h11-12H,2-10H2,1H3,(H,14,15). The summed E-state index contributed by atoms with van der Waals surface area (Å²) < 4.78 is 0. The van der Waals surface area contributed by atoms with Gasteiger partial charge in [-0.3, -0.25) is 4.99 Å². The van der Waals surface area contributed by atoms with Crippen molar-refractivity contribution < 1.29 is 0 Å². The van der Waals surface area contributed by atoms with E-state index in [0.717, 1.165) is 12.5 Å². The second-order valence-corrected chi connectivity index (χ2v) is 5.25. The SMILES string of the molecule is CC1CCCC(NC2=NCCCCC2)C1. The van der Waals surface area contributed by atoms with Gasteiger partial charge in [0.05, 0.1) is 5.84 Å². The molecule has 15 heavy (non-hydrogen) atoms. The molecule has 0 bridgehead atoms. The molecule has 1 heterocycles. The fraction of sp³-hybridized carbons (Fsp3) is 0.923. The first-order valence-corrected chi connectivity index (χ1v) is 6.64. The molecule has 0 saturated heterocycles. The van der Waals surface area contributed by atoms with Crippen molar-refractivity contribution in [1.29, 1.82) is 0 Å². The second-order valence-electron chi connectivity index (χ2n) is 5.25. The van der Waals surface area contributed by atoms with Gasteiger partial charge in [-0.05, 0) is 31.6 Å². The fourth-order valence-corrected chi connectivity index (χ4v) is 2.79. The number of nitrogens with one attached hydrogen (secondary N) is 1. The smallest absolute Gasteiger partial charge is 0.0965 e. The highest BCUT2D eigenvalue weighted by Gasteiger charge is 2.19.